The SMILES string of the molecule is CCN1C(=O)C(C)(C)COc2cc(NC(=O)COc3ccccc3C)ccc21. The Morgan fingerprint density at radius 1 is 1.25 bits per heavy atom. The van der Waals surface area contributed by atoms with Crippen LogP contribution < -0.4 is 19.7 Å². The molecule has 0 saturated heterocycles. The summed E-state index contributed by atoms with van der Waals surface area (Å²) in [5, 5.41) is 2.82. The van der Waals surface area contributed by atoms with Crippen molar-refractivity contribution in [2.24, 2.45) is 5.41 Å². The summed E-state index contributed by atoms with van der Waals surface area (Å²) in [5.74, 6) is 1.03. The van der Waals surface area contributed by atoms with Crippen LogP contribution in [0.2, 0.25) is 0 Å². The maximum atomic E-state index is 12.7. The molecule has 0 radical (unpaired) electrons. The van der Waals surface area contributed by atoms with E-state index in [4.69, 9.17) is 9.47 Å². The molecule has 1 aliphatic rings. The van der Waals surface area contributed by atoms with Gasteiger partial charge in [0.25, 0.3) is 5.91 Å². The predicted molar refractivity (Wildman–Crippen MR) is 109 cm³/mol. The van der Waals surface area contributed by atoms with Crippen molar-refractivity contribution >= 4 is 23.2 Å². The predicted octanol–water partition coefficient (Wildman–Crippen LogP) is 3.78. The number of nitrogens with one attached hydrogen (secondary N) is 1. The standard InChI is InChI=1S/C22H26N2O4/c1-5-24-17-11-10-16(12-19(17)28-14-22(3,4)21(24)26)23-20(25)13-27-18-9-7-6-8-15(18)2/h6-12H,5,13-14H2,1-4H3,(H,23,25). The summed E-state index contributed by atoms with van der Waals surface area (Å²) in [4.78, 5) is 26.7. The lowest BCUT2D eigenvalue weighted by molar-refractivity contribution is -0.127. The first-order valence-electron chi connectivity index (χ1n) is 9.39. The molecule has 0 saturated carbocycles. The van der Waals surface area contributed by atoms with E-state index < -0.39 is 5.41 Å². The number of rotatable bonds is 5. The van der Waals surface area contributed by atoms with E-state index in [-0.39, 0.29) is 25.0 Å². The second-order valence-corrected chi connectivity index (χ2v) is 7.51. The first kappa shape index (κ1) is 19.7. The highest BCUT2D eigenvalue weighted by molar-refractivity contribution is 6.00. The number of benzene rings is 2. The molecule has 2 amide bonds. The Labute approximate surface area is 165 Å². The Kier molecular flexibility index (Phi) is 5.58. The van der Waals surface area contributed by atoms with Gasteiger partial charge in [0.05, 0.1) is 11.1 Å². The Morgan fingerprint density at radius 2 is 2.00 bits per heavy atom. The number of hydrogen-bond acceptors (Lipinski definition) is 4. The molecule has 0 fully saturated rings. The van der Waals surface area contributed by atoms with Gasteiger partial charge in [0, 0.05) is 18.3 Å². The Bertz CT molecular complexity index is 892. The third-order valence-electron chi connectivity index (χ3n) is 4.72. The quantitative estimate of drug-likeness (QED) is 0.854. The molecule has 0 unspecified atom stereocenters. The van der Waals surface area contributed by atoms with Crippen LogP contribution in [0.5, 0.6) is 11.5 Å². The van der Waals surface area contributed by atoms with Gasteiger partial charge in [0.1, 0.15) is 18.1 Å². The molecule has 1 heterocycles. The number of carbonyl (C=O) groups is 2. The lowest BCUT2D eigenvalue weighted by Gasteiger charge is -2.26. The lowest BCUT2D eigenvalue weighted by Crippen LogP contribution is -2.42. The number of amides is 2. The second-order valence-electron chi connectivity index (χ2n) is 7.51. The second kappa shape index (κ2) is 7.92. The molecule has 3 rings (SSSR count). The minimum absolute atomic E-state index is 0.0252. The first-order valence-corrected chi connectivity index (χ1v) is 9.39. The minimum Gasteiger partial charge on any atom is -0.490 e. The summed E-state index contributed by atoms with van der Waals surface area (Å²) in [7, 11) is 0. The molecule has 148 valence electrons. The molecule has 0 atom stereocenters. The monoisotopic (exact) mass is 382 g/mol. The number of ether oxygens (including phenoxy) is 2. The molecule has 0 spiro atoms. The molecule has 0 aromatic heterocycles. The van der Waals surface area contributed by atoms with Gasteiger partial charge in [-0.2, -0.15) is 0 Å². The average molecular weight is 382 g/mol. The Morgan fingerprint density at radius 3 is 2.71 bits per heavy atom. The zero-order valence-electron chi connectivity index (χ0n) is 16.7. The summed E-state index contributed by atoms with van der Waals surface area (Å²) in [6, 6.07) is 12.9. The molecule has 2 aromatic rings. The zero-order valence-corrected chi connectivity index (χ0v) is 16.7. The molecule has 6 nitrogen and oxygen atoms in total. The van der Waals surface area contributed by atoms with E-state index in [1.165, 1.54) is 0 Å². The highest BCUT2D eigenvalue weighted by Crippen LogP contribution is 2.38. The maximum absolute atomic E-state index is 12.7. The van der Waals surface area contributed by atoms with E-state index in [1.54, 1.807) is 23.1 Å². The minimum atomic E-state index is -0.611. The number of nitrogens with zero attached hydrogens (tertiary/aromatic N) is 1. The fourth-order valence-electron chi connectivity index (χ4n) is 3.10. The molecular weight excluding hydrogens is 356 g/mol. The van der Waals surface area contributed by atoms with Gasteiger partial charge in [-0.1, -0.05) is 18.2 Å². The van der Waals surface area contributed by atoms with Gasteiger partial charge < -0.3 is 19.7 Å². The lowest BCUT2D eigenvalue weighted by atomic mass is 9.93. The van der Waals surface area contributed by atoms with Crippen LogP contribution in [0, 0.1) is 12.3 Å². The van der Waals surface area contributed by atoms with Gasteiger partial charge in [0.2, 0.25) is 5.91 Å². The number of aryl methyl sites for hydroxylation is 1. The molecule has 0 aliphatic carbocycles. The summed E-state index contributed by atoms with van der Waals surface area (Å²) in [5.41, 5.74) is 1.67. The summed E-state index contributed by atoms with van der Waals surface area (Å²) in [6.45, 7) is 8.35. The topological polar surface area (TPSA) is 67.9 Å². The van der Waals surface area contributed by atoms with Gasteiger partial charge in [-0.3, -0.25) is 9.59 Å². The summed E-state index contributed by atoms with van der Waals surface area (Å²) < 4.78 is 11.5. The van der Waals surface area contributed by atoms with Crippen LogP contribution in [-0.2, 0) is 9.59 Å². The van der Waals surface area contributed by atoms with E-state index >= 15 is 0 Å². The van der Waals surface area contributed by atoms with Crippen LogP contribution in [0.3, 0.4) is 0 Å². The van der Waals surface area contributed by atoms with Crippen LogP contribution in [-0.4, -0.2) is 31.6 Å². The van der Waals surface area contributed by atoms with Crippen molar-refractivity contribution in [3.8, 4) is 11.5 Å². The normalized spacial score (nSPS) is 15.3. The molecule has 28 heavy (non-hydrogen) atoms. The van der Waals surface area contributed by atoms with Crippen LogP contribution in [0.1, 0.15) is 26.3 Å². The van der Waals surface area contributed by atoms with E-state index in [0.717, 1.165) is 5.56 Å². The first-order chi connectivity index (χ1) is 13.3. The van der Waals surface area contributed by atoms with Crippen LogP contribution in [0.25, 0.3) is 0 Å². The van der Waals surface area contributed by atoms with Crippen LogP contribution in [0.15, 0.2) is 42.5 Å². The number of hydrogen-bond donors (Lipinski definition) is 1. The highest BCUT2D eigenvalue weighted by Gasteiger charge is 2.37. The smallest absolute Gasteiger partial charge is 0.262 e. The maximum Gasteiger partial charge on any atom is 0.262 e. The van der Waals surface area contributed by atoms with Crippen molar-refractivity contribution in [1.29, 1.82) is 0 Å². The molecular formula is C22H26N2O4. The molecule has 1 N–H and O–H groups in total. The van der Waals surface area contributed by atoms with Crippen molar-refractivity contribution in [3.63, 3.8) is 0 Å². The summed E-state index contributed by atoms with van der Waals surface area (Å²) in [6.07, 6.45) is 0. The number of fused-ring (bicyclic) bond motifs is 1. The van der Waals surface area contributed by atoms with Gasteiger partial charge in [0.15, 0.2) is 6.61 Å². The van der Waals surface area contributed by atoms with Crippen LogP contribution in [0.4, 0.5) is 11.4 Å². The van der Waals surface area contributed by atoms with Crippen molar-refractivity contribution in [1.82, 2.24) is 0 Å². The molecule has 0 bridgehead atoms. The third kappa shape index (κ3) is 4.11. The van der Waals surface area contributed by atoms with E-state index in [9.17, 15) is 9.59 Å². The summed E-state index contributed by atoms with van der Waals surface area (Å²) >= 11 is 0. The zero-order chi connectivity index (χ0) is 20.3. The Hall–Kier alpha value is -3.02. The van der Waals surface area contributed by atoms with Crippen molar-refractivity contribution in [3.05, 3.63) is 48.0 Å². The van der Waals surface area contributed by atoms with Crippen molar-refractivity contribution in [2.75, 3.05) is 30.0 Å². The molecule has 1 aliphatic heterocycles. The third-order valence-corrected chi connectivity index (χ3v) is 4.72. The van der Waals surface area contributed by atoms with Gasteiger partial charge in [-0.05, 0) is 51.5 Å². The van der Waals surface area contributed by atoms with Crippen molar-refractivity contribution in [2.45, 2.75) is 27.7 Å². The van der Waals surface area contributed by atoms with Gasteiger partial charge >= 0.3 is 0 Å². The van der Waals surface area contributed by atoms with E-state index in [1.807, 2.05) is 52.0 Å². The van der Waals surface area contributed by atoms with Crippen molar-refractivity contribution < 1.29 is 19.1 Å². The van der Waals surface area contributed by atoms with Gasteiger partial charge in [-0.25, -0.2) is 0 Å². The van der Waals surface area contributed by atoms with Gasteiger partial charge in [-0.15, -0.1) is 0 Å². The van der Waals surface area contributed by atoms with E-state index in [0.29, 0.717) is 29.4 Å². The average Bonchev–Trinajstić information content (AvgIpc) is 2.76. The fraction of sp³-hybridized carbons (Fsp3) is 0.364. The number of para-hydroxylation sites is 1. The van der Waals surface area contributed by atoms with E-state index in [2.05, 4.69) is 5.32 Å². The number of anilines is 2. The molecule has 6 heteroatoms. The fourth-order valence-corrected chi connectivity index (χ4v) is 3.10. The van der Waals surface area contributed by atoms with Crippen LogP contribution >= 0.6 is 0 Å². The Balaban J connectivity index is 1.71. The number of carbonyl (C=O) groups excluding carboxylic acids is 2. The molecule has 2 aromatic carbocycles. The highest BCUT2D eigenvalue weighted by atomic mass is 16.5. The largest absolute Gasteiger partial charge is 0.490 e.